The average Bonchev–Trinajstić information content (AvgIpc) is 3.22. The van der Waals surface area contributed by atoms with E-state index in [1.807, 2.05) is 43.1 Å². The van der Waals surface area contributed by atoms with Crippen LogP contribution in [0.2, 0.25) is 0 Å². The third-order valence-electron chi connectivity index (χ3n) is 5.02. The van der Waals surface area contributed by atoms with E-state index in [0.29, 0.717) is 24.8 Å². The Kier molecular flexibility index (Phi) is 7.29. The minimum atomic E-state index is -0.254. The number of rotatable bonds is 6. The first-order valence-electron chi connectivity index (χ1n) is 9.09. The summed E-state index contributed by atoms with van der Waals surface area (Å²) in [6, 6.07) is 7.53. The molecular formula is C19H28ClN3O3. The smallest absolute Gasteiger partial charge is 0.228 e. The molecule has 0 bridgehead atoms. The highest BCUT2D eigenvalue weighted by molar-refractivity contribution is 6.01. The summed E-state index contributed by atoms with van der Waals surface area (Å²) in [7, 11) is 1.94. The zero-order valence-corrected chi connectivity index (χ0v) is 16.3. The molecule has 0 aliphatic carbocycles. The number of nitrogens with one attached hydrogen (secondary N) is 1. The van der Waals surface area contributed by atoms with Crippen LogP contribution in [-0.2, 0) is 9.59 Å². The Morgan fingerprint density at radius 3 is 2.81 bits per heavy atom. The second-order valence-corrected chi connectivity index (χ2v) is 6.80. The molecule has 2 atom stereocenters. The molecule has 2 aliphatic heterocycles. The van der Waals surface area contributed by atoms with Crippen molar-refractivity contribution in [2.45, 2.75) is 19.8 Å². The van der Waals surface area contributed by atoms with Crippen molar-refractivity contribution in [3.63, 3.8) is 0 Å². The molecule has 144 valence electrons. The molecule has 2 saturated heterocycles. The van der Waals surface area contributed by atoms with Gasteiger partial charge in [0.1, 0.15) is 5.75 Å². The van der Waals surface area contributed by atoms with Crippen LogP contribution in [0.5, 0.6) is 5.75 Å². The van der Waals surface area contributed by atoms with Crippen molar-refractivity contribution in [3.05, 3.63) is 24.3 Å². The Balaban J connectivity index is 0.00000243. The molecule has 2 fully saturated rings. The largest absolute Gasteiger partial charge is 0.492 e. The minimum Gasteiger partial charge on any atom is -0.492 e. The van der Waals surface area contributed by atoms with Crippen LogP contribution in [0.1, 0.15) is 19.8 Å². The van der Waals surface area contributed by atoms with Crippen molar-refractivity contribution < 1.29 is 14.3 Å². The molecule has 2 heterocycles. The first-order chi connectivity index (χ1) is 12.1. The lowest BCUT2D eigenvalue weighted by Crippen LogP contribution is -2.36. The van der Waals surface area contributed by atoms with Crippen LogP contribution in [0.25, 0.3) is 0 Å². The lowest BCUT2D eigenvalue weighted by atomic mass is 10.1. The summed E-state index contributed by atoms with van der Waals surface area (Å²) in [5.41, 5.74) is 0.763. The van der Waals surface area contributed by atoms with Crippen molar-refractivity contribution in [2.75, 3.05) is 44.7 Å². The van der Waals surface area contributed by atoms with E-state index < -0.39 is 0 Å². The number of benzene rings is 1. The fraction of sp³-hybridized carbons (Fsp3) is 0.579. The highest BCUT2D eigenvalue weighted by Crippen LogP contribution is 2.34. The van der Waals surface area contributed by atoms with E-state index in [1.54, 1.807) is 4.90 Å². The number of hydrogen-bond donors (Lipinski definition) is 1. The van der Waals surface area contributed by atoms with Gasteiger partial charge in [-0.05, 0) is 45.0 Å². The topological polar surface area (TPSA) is 61.9 Å². The lowest BCUT2D eigenvalue weighted by molar-refractivity contribution is -0.134. The molecule has 0 saturated carbocycles. The van der Waals surface area contributed by atoms with Gasteiger partial charge < -0.3 is 19.9 Å². The van der Waals surface area contributed by atoms with Gasteiger partial charge in [0.05, 0.1) is 18.2 Å². The first-order valence-corrected chi connectivity index (χ1v) is 9.09. The molecule has 26 heavy (non-hydrogen) atoms. The van der Waals surface area contributed by atoms with Crippen LogP contribution >= 0.6 is 12.4 Å². The maximum absolute atomic E-state index is 12.8. The SMILES string of the molecule is CCOc1ccccc1N1CC(C(=O)N2CCC(CNC)C2)CC1=O.Cl. The molecule has 3 rings (SSSR count). The van der Waals surface area contributed by atoms with Gasteiger partial charge in [-0.1, -0.05) is 12.1 Å². The van der Waals surface area contributed by atoms with Gasteiger partial charge in [-0.25, -0.2) is 0 Å². The Morgan fingerprint density at radius 1 is 1.31 bits per heavy atom. The number of carbonyl (C=O) groups is 2. The molecule has 6 nitrogen and oxygen atoms in total. The zero-order chi connectivity index (χ0) is 17.8. The number of carbonyl (C=O) groups excluding carboxylic acids is 2. The normalized spacial score (nSPS) is 22.5. The fourth-order valence-electron chi connectivity index (χ4n) is 3.81. The molecule has 7 heteroatoms. The van der Waals surface area contributed by atoms with E-state index in [0.717, 1.165) is 31.7 Å². The number of anilines is 1. The molecule has 1 aromatic rings. The van der Waals surface area contributed by atoms with Crippen LogP contribution in [0, 0.1) is 11.8 Å². The highest BCUT2D eigenvalue weighted by Gasteiger charge is 2.39. The van der Waals surface area contributed by atoms with Crippen molar-refractivity contribution >= 4 is 29.9 Å². The quantitative estimate of drug-likeness (QED) is 0.817. The van der Waals surface area contributed by atoms with Crippen molar-refractivity contribution in [2.24, 2.45) is 11.8 Å². The molecule has 0 aromatic heterocycles. The molecule has 1 aromatic carbocycles. The molecular weight excluding hydrogens is 354 g/mol. The van der Waals surface area contributed by atoms with Crippen molar-refractivity contribution in [3.8, 4) is 5.75 Å². The monoisotopic (exact) mass is 381 g/mol. The number of halogens is 1. The van der Waals surface area contributed by atoms with Crippen LogP contribution in [-0.4, -0.2) is 56.5 Å². The number of hydrogen-bond acceptors (Lipinski definition) is 4. The van der Waals surface area contributed by atoms with E-state index in [1.165, 1.54) is 0 Å². The summed E-state index contributed by atoms with van der Waals surface area (Å²) in [5, 5.41) is 3.18. The molecule has 2 aliphatic rings. The molecule has 2 unspecified atom stereocenters. The average molecular weight is 382 g/mol. The van der Waals surface area contributed by atoms with Gasteiger partial charge in [-0.3, -0.25) is 9.59 Å². The number of amides is 2. The van der Waals surface area contributed by atoms with Gasteiger partial charge in [0.15, 0.2) is 0 Å². The Hall–Kier alpha value is -1.79. The third-order valence-corrected chi connectivity index (χ3v) is 5.02. The summed E-state index contributed by atoms with van der Waals surface area (Å²) >= 11 is 0. The van der Waals surface area contributed by atoms with Crippen LogP contribution in [0.3, 0.4) is 0 Å². The Labute approximate surface area is 161 Å². The van der Waals surface area contributed by atoms with E-state index in [-0.39, 0.29) is 36.6 Å². The number of nitrogens with zero attached hydrogens (tertiary/aromatic N) is 2. The standard InChI is InChI=1S/C19H27N3O3.ClH/c1-3-25-17-7-5-4-6-16(17)22-13-15(10-18(22)23)19(24)21-9-8-14(12-21)11-20-2;/h4-7,14-15,20H,3,8-13H2,1-2H3;1H. The number of para-hydroxylation sites is 2. The third kappa shape index (κ3) is 4.30. The predicted octanol–water partition coefficient (Wildman–Crippen LogP) is 1.93. The van der Waals surface area contributed by atoms with Crippen LogP contribution < -0.4 is 15.0 Å². The molecule has 2 amide bonds. The van der Waals surface area contributed by atoms with Gasteiger partial charge in [0.25, 0.3) is 0 Å². The highest BCUT2D eigenvalue weighted by atomic mass is 35.5. The van der Waals surface area contributed by atoms with Crippen molar-refractivity contribution in [1.29, 1.82) is 0 Å². The summed E-state index contributed by atoms with van der Waals surface area (Å²) in [6.07, 6.45) is 1.32. The summed E-state index contributed by atoms with van der Waals surface area (Å²) in [4.78, 5) is 29.0. The van der Waals surface area contributed by atoms with Gasteiger partial charge >= 0.3 is 0 Å². The fourth-order valence-corrected chi connectivity index (χ4v) is 3.81. The zero-order valence-electron chi connectivity index (χ0n) is 15.4. The molecule has 0 radical (unpaired) electrons. The van der Waals surface area contributed by atoms with Crippen molar-refractivity contribution in [1.82, 2.24) is 10.2 Å². The van der Waals surface area contributed by atoms with E-state index >= 15 is 0 Å². The number of ether oxygens (including phenoxy) is 1. The Bertz CT molecular complexity index is 640. The van der Waals surface area contributed by atoms with Gasteiger partial charge in [0.2, 0.25) is 11.8 Å². The maximum Gasteiger partial charge on any atom is 0.228 e. The first kappa shape index (κ1) is 20.5. The van der Waals surface area contributed by atoms with E-state index in [9.17, 15) is 9.59 Å². The summed E-state index contributed by atoms with van der Waals surface area (Å²) < 4.78 is 5.64. The van der Waals surface area contributed by atoms with Crippen LogP contribution in [0.15, 0.2) is 24.3 Å². The van der Waals surface area contributed by atoms with E-state index in [2.05, 4.69) is 5.32 Å². The number of likely N-dealkylation sites (tertiary alicyclic amines) is 1. The van der Waals surface area contributed by atoms with Crippen LogP contribution in [0.4, 0.5) is 5.69 Å². The lowest BCUT2D eigenvalue weighted by Gasteiger charge is -2.22. The van der Waals surface area contributed by atoms with Gasteiger partial charge in [0, 0.05) is 26.1 Å². The molecule has 0 spiro atoms. The summed E-state index contributed by atoms with van der Waals surface area (Å²) in [5.74, 6) is 1.07. The van der Waals surface area contributed by atoms with Gasteiger partial charge in [-0.15, -0.1) is 12.4 Å². The molecule has 1 N–H and O–H groups in total. The van der Waals surface area contributed by atoms with E-state index in [4.69, 9.17) is 4.74 Å². The maximum atomic E-state index is 12.8. The summed E-state index contributed by atoms with van der Waals surface area (Å²) in [6.45, 7) is 5.42. The second-order valence-electron chi connectivity index (χ2n) is 6.80. The predicted molar refractivity (Wildman–Crippen MR) is 104 cm³/mol. The second kappa shape index (κ2) is 9.24. The van der Waals surface area contributed by atoms with Gasteiger partial charge in [-0.2, -0.15) is 0 Å². The Morgan fingerprint density at radius 2 is 2.08 bits per heavy atom. The minimum absolute atomic E-state index is 0.